The van der Waals surface area contributed by atoms with Crippen molar-refractivity contribution in [1.29, 1.82) is 0 Å². The maximum absolute atomic E-state index is 13.1. The van der Waals surface area contributed by atoms with Gasteiger partial charge in [0.1, 0.15) is 10.7 Å². The average Bonchev–Trinajstić information content (AvgIpc) is 2.80. The van der Waals surface area contributed by atoms with Gasteiger partial charge < -0.3 is 9.80 Å². The third-order valence-corrected chi connectivity index (χ3v) is 8.32. The minimum absolute atomic E-state index is 0.00548. The molecule has 2 aliphatic rings. The van der Waals surface area contributed by atoms with Gasteiger partial charge in [0.15, 0.2) is 0 Å². The summed E-state index contributed by atoms with van der Waals surface area (Å²) in [5.41, 5.74) is 0.332. The fourth-order valence-corrected chi connectivity index (χ4v) is 6.08. The number of carbonyl (C=O) groups excluding carboxylic acids is 1. The Balaban J connectivity index is 1.48. The molecule has 1 amide bonds. The number of piperidine rings is 1. The number of rotatable bonds is 4. The lowest BCUT2D eigenvalue weighted by atomic mass is 10.2. The highest BCUT2D eigenvalue weighted by Gasteiger charge is 2.30. The highest BCUT2D eigenvalue weighted by molar-refractivity contribution is 7.89. The minimum Gasteiger partial charge on any atom is -0.353 e. The minimum atomic E-state index is -3.72. The van der Waals surface area contributed by atoms with Gasteiger partial charge >= 0.3 is 0 Å². The van der Waals surface area contributed by atoms with Gasteiger partial charge in [-0.25, -0.2) is 13.4 Å². The number of nitrogens with zero attached hydrogens (tertiary/aromatic N) is 4. The third-order valence-electron chi connectivity index (χ3n) is 5.71. The summed E-state index contributed by atoms with van der Waals surface area (Å²) in [5.74, 6) is 0.619. The van der Waals surface area contributed by atoms with E-state index in [1.807, 2.05) is 6.07 Å². The smallest absolute Gasteiger partial charge is 0.254 e. The molecule has 7 nitrogen and oxygen atoms in total. The number of anilines is 1. The maximum atomic E-state index is 13.1. The molecule has 166 valence electrons. The van der Waals surface area contributed by atoms with E-state index in [1.54, 1.807) is 23.2 Å². The molecule has 4 rings (SSSR count). The fraction of sp³-hybridized carbons (Fsp3) is 0.429. The zero-order chi connectivity index (χ0) is 22.0. The van der Waals surface area contributed by atoms with Gasteiger partial charge in [-0.05, 0) is 43.2 Å². The van der Waals surface area contributed by atoms with E-state index >= 15 is 0 Å². The molecule has 2 aromatic rings. The number of carbonyl (C=O) groups is 1. The monoisotopic (exact) mass is 482 g/mol. The number of halogens is 2. The molecule has 0 spiro atoms. The van der Waals surface area contributed by atoms with Gasteiger partial charge in [0.25, 0.3) is 5.91 Å². The molecule has 0 bridgehead atoms. The van der Waals surface area contributed by atoms with Crippen LogP contribution < -0.4 is 4.90 Å². The predicted octanol–water partition coefficient (Wildman–Crippen LogP) is 3.53. The largest absolute Gasteiger partial charge is 0.353 e. The number of pyridine rings is 1. The van der Waals surface area contributed by atoms with Crippen molar-refractivity contribution in [3.63, 3.8) is 0 Å². The van der Waals surface area contributed by atoms with Crippen molar-refractivity contribution in [2.45, 2.75) is 24.2 Å². The molecule has 0 radical (unpaired) electrons. The second kappa shape index (κ2) is 9.32. The topological polar surface area (TPSA) is 73.8 Å². The number of aromatic nitrogens is 1. The number of hydrogen-bond acceptors (Lipinski definition) is 5. The zero-order valence-electron chi connectivity index (χ0n) is 17.0. The van der Waals surface area contributed by atoms with Crippen molar-refractivity contribution < 1.29 is 13.2 Å². The summed E-state index contributed by atoms with van der Waals surface area (Å²) in [4.78, 5) is 21.2. The second-order valence-corrected chi connectivity index (χ2v) is 10.5. The molecule has 0 unspecified atom stereocenters. The van der Waals surface area contributed by atoms with Crippen molar-refractivity contribution in [2.75, 3.05) is 44.2 Å². The number of hydrogen-bond donors (Lipinski definition) is 0. The molecular weight excluding hydrogens is 459 g/mol. The molecule has 1 aromatic carbocycles. The van der Waals surface area contributed by atoms with Crippen LogP contribution in [0.2, 0.25) is 10.0 Å². The van der Waals surface area contributed by atoms with Crippen LogP contribution in [-0.2, 0) is 10.0 Å². The number of benzene rings is 1. The number of sulfonamides is 1. The van der Waals surface area contributed by atoms with Gasteiger partial charge in [-0.2, -0.15) is 4.31 Å². The van der Waals surface area contributed by atoms with Gasteiger partial charge in [0.2, 0.25) is 10.0 Å². The Bertz CT molecular complexity index is 1050. The lowest BCUT2D eigenvalue weighted by molar-refractivity contribution is 0.0746. The molecule has 0 atom stereocenters. The first-order chi connectivity index (χ1) is 14.9. The van der Waals surface area contributed by atoms with Crippen LogP contribution in [0.25, 0.3) is 0 Å². The quantitative estimate of drug-likeness (QED) is 0.666. The van der Waals surface area contributed by atoms with Crippen molar-refractivity contribution in [1.82, 2.24) is 14.2 Å². The van der Waals surface area contributed by atoms with Crippen LogP contribution in [0.5, 0.6) is 0 Å². The molecule has 3 heterocycles. The summed E-state index contributed by atoms with van der Waals surface area (Å²) in [6.07, 6.45) is 4.30. The lowest BCUT2D eigenvalue weighted by Gasteiger charge is -2.35. The Morgan fingerprint density at radius 1 is 0.903 bits per heavy atom. The van der Waals surface area contributed by atoms with Crippen LogP contribution in [0.4, 0.5) is 5.82 Å². The van der Waals surface area contributed by atoms with Crippen LogP contribution >= 0.6 is 23.2 Å². The molecule has 1 aromatic heterocycles. The lowest BCUT2D eigenvalue weighted by Crippen LogP contribution is -2.49. The van der Waals surface area contributed by atoms with Gasteiger partial charge in [-0.15, -0.1) is 0 Å². The van der Waals surface area contributed by atoms with Crippen LogP contribution in [-0.4, -0.2) is 67.8 Å². The highest BCUT2D eigenvalue weighted by Crippen LogP contribution is 2.28. The van der Waals surface area contributed by atoms with Crippen molar-refractivity contribution >= 4 is 45.0 Å². The summed E-state index contributed by atoms with van der Waals surface area (Å²) >= 11 is 12.1. The summed E-state index contributed by atoms with van der Waals surface area (Å²) in [7, 11) is -3.72. The third kappa shape index (κ3) is 4.82. The Labute approximate surface area is 192 Å². The van der Waals surface area contributed by atoms with Gasteiger partial charge in [0.05, 0.1) is 10.0 Å². The number of amides is 1. The molecule has 0 saturated carbocycles. The van der Waals surface area contributed by atoms with E-state index in [1.165, 1.54) is 16.4 Å². The molecule has 31 heavy (non-hydrogen) atoms. The summed E-state index contributed by atoms with van der Waals surface area (Å²) in [6.45, 7) is 3.26. The second-order valence-electron chi connectivity index (χ2n) is 7.72. The van der Waals surface area contributed by atoms with Crippen LogP contribution in [0.3, 0.4) is 0 Å². The Kier molecular flexibility index (Phi) is 6.71. The van der Waals surface area contributed by atoms with Crippen LogP contribution in [0.1, 0.15) is 29.6 Å². The average molecular weight is 483 g/mol. The van der Waals surface area contributed by atoms with E-state index < -0.39 is 10.0 Å². The van der Waals surface area contributed by atoms with E-state index in [4.69, 9.17) is 23.2 Å². The maximum Gasteiger partial charge on any atom is 0.254 e. The van der Waals surface area contributed by atoms with Gasteiger partial charge in [0, 0.05) is 51.0 Å². The Morgan fingerprint density at radius 2 is 1.61 bits per heavy atom. The molecule has 2 aliphatic heterocycles. The molecule has 2 saturated heterocycles. The Hall–Kier alpha value is -1.87. The first kappa shape index (κ1) is 22.3. The molecule has 2 fully saturated rings. The van der Waals surface area contributed by atoms with Gasteiger partial charge in [-0.1, -0.05) is 29.6 Å². The van der Waals surface area contributed by atoms with Crippen molar-refractivity contribution in [3.05, 3.63) is 52.1 Å². The van der Waals surface area contributed by atoms with Crippen molar-refractivity contribution in [2.24, 2.45) is 0 Å². The van der Waals surface area contributed by atoms with E-state index in [2.05, 4.69) is 9.88 Å². The van der Waals surface area contributed by atoms with Crippen LogP contribution in [0, 0.1) is 0 Å². The molecule has 10 heteroatoms. The normalized spacial score (nSPS) is 18.3. The van der Waals surface area contributed by atoms with E-state index in [-0.39, 0.29) is 15.8 Å². The summed E-state index contributed by atoms with van der Waals surface area (Å²) in [6, 6.07) is 8.16. The predicted molar refractivity (Wildman–Crippen MR) is 121 cm³/mol. The Morgan fingerprint density at radius 3 is 2.26 bits per heavy atom. The first-order valence-electron chi connectivity index (χ1n) is 10.3. The fourth-order valence-electron chi connectivity index (χ4n) is 3.95. The molecular formula is C21H24Cl2N4O3S. The highest BCUT2D eigenvalue weighted by atomic mass is 35.5. The van der Waals surface area contributed by atoms with Crippen LogP contribution in [0.15, 0.2) is 41.4 Å². The summed E-state index contributed by atoms with van der Waals surface area (Å²) < 4.78 is 27.6. The van der Waals surface area contributed by atoms with Crippen molar-refractivity contribution in [3.8, 4) is 0 Å². The van der Waals surface area contributed by atoms with E-state index in [9.17, 15) is 13.2 Å². The molecule has 0 aliphatic carbocycles. The first-order valence-corrected chi connectivity index (χ1v) is 12.5. The zero-order valence-corrected chi connectivity index (χ0v) is 19.3. The standard InChI is InChI=1S/C21H24Cl2N4O3S/c22-17-5-7-20(24-15-17)25-10-12-26(13-11-25)21(28)16-4-6-18(23)19(14-16)31(29,30)27-8-2-1-3-9-27/h4-7,14-15H,1-3,8-13H2. The van der Waals surface area contributed by atoms with E-state index in [0.717, 1.165) is 25.1 Å². The number of piperazine rings is 1. The van der Waals surface area contributed by atoms with E-state index in [0.29, 0.717) is 49.9 Å². The summed E-state index contributed by atoms with van der Waals surface area (Å²) in [5, 5.41) is 0.719. The SMILES string of the molecule is O=C(c1ccc(Cl)c(S(=O)(=O)N2CCCCC2)c1)N1CCN(c2ccc(Cl)cn2)CC1. The van der Waals surface area contributed by atoms with Gasteiger partial charge in [-0.3, -0.25) is 4.79 Å². The molecule has 0 N–H and O–H groups in total.